The van der Waals surface area contributed by atoms with Crippen LogP contribution in [-0.4, -0.2) is 48.2 Å². The fraction of sp³-hybridized carbons (Fsp3) is 0.789. The Labute approximate surface area is 176 Å². The van der Waals surface area contributed by atoms with Crippen molar-refractivity contribution in [1.29, 1.82) is 0 Å². The number of aliphatic imine (C=N–C) groups is 1. The Morgan fingerprint density at radius 3 is 2.42 bits per heavy atom. The van der Waals surface area contributed by atoms with Crippen molar-refractivity contribution in [2.75, 3.05) is 26.2 Å². The summed E-state index contributed by atoms with van der Waals surface area (Å²) in [6.07, 6.45) is 2.17. The molecule has 152 valence electrons. The number of nitrogens with one attached hydrogen (secondary N) is 2. The van der Waals surface area contributed by atoms with Crippen LogP contribution in [0.3, 0.4) is 0 Å². The molecule has 0 aliphatic rings. The second-order valence-electron chi connectivity index (χ2n) is 6.58. The standard InChI is InChI=1S/C19H37N5O.HI/c1-7-16(8-2)18-13-17(25-23-18)14-22-19(20-9-3)21-11-12-24(10-4)15(5)6;/h13,15-16H,7-12,14H2,1-6H3,(H2,20,21,22);1H. The van der Waals surface area contributed by atoms with E-state index in [1.807, 2.05) is 6.07 Å². The average molecular weight is 479 g/mol. The van der Waals surface area contributed by atoms with Gasteiger partial charge in [-0.25, -0.2) is 4.99 Å². The summed E-state index contributed by atoms with van der Waals surface area (Å²) in [5.41, 5.74) is 1.05. The van der Waals surface area contributed by atoms with E-state index in [-0.39, 0.29) is 24.0 Å². The van der Waals surface area contributed by atoms with Crippen molar-refractivity contribution in [3.8, 4) is 0 Å². The van der Waals surface area contributed by atoms with Crippen LogP contribution in [0.25, 0.3) is 0 Å². The first-order valence-electron chi connectivity index (χ1n) is 9.77. The quantitative estimate of drug-likeness (QED) is 0.286. The predicted molar refractivity (Wildman–Crippen MR) is 120 cm³/mol. The van der Waals surface area contributed by atoms with Gasteiger partial charge in [-0.1, -0.05) is 25.9 Å². The lowest BCUT2D eigenvalue weighted by Gasteiger charge is -2.25. The summed E-state index contributed by atoms with van der Waals surface area (Å²) in [6.45, 7) is 17.4. The van der Waals surface area contributed by atoms with E-state index in [1.165, 1.54) is 0 Å². The Morgan fingerprint density at radius 1 is 1.19 bits per heavy atom. The molecule has 0 aliphatic carbocycles. The molecule has 0 spiro atoms. The van der Waals surface area contributed by atoms with E-state index in [2.05, 4.69) is 67.2 Å². The number of nitrogens with zero attached hydrogens (tertiary/aromatic N) is 3. The topological polar surface area (TPSA) is 65.7 Å². The van der Waals surface area contributed by atoms with Crippen LogP contribution in [-0.2, 0) is 6.54 Å². The lowest BCUT2D eigenvalue weighted by Crippen LogP contribution is -2.43. The van der Waals surface area contributed by atoms with Crippen molar-refractivity contribution < 1.29 is 4.52 Å². The van der Waals surface area contributed by atoms with Gasteiger partial charge >= 0.3 is 0 Å². The molecule has 2 N–H and O–H groups in total. The molecule has 0 radical (unpaired) electrons. The highest BCUT2D eigenvalue weighted by atomic mass is 127. The summed E-state index contributed by atoms with van der Waals surface area (Å²) in [7, 11) is 0. The highest BCUT2D eigenvalue weighted by Crippen LogP contribution is 2.22. The van der Waals surface area contributed by atoms with Gasteiger partial charge in [0, 0.05) is 37.7 Å². The molecule has 1 rings (SSSR count). The van der Waals surface area contributed by atoms with Crippen molar-refractivity contribution >= 4 is 29.9 Å². The molecule has 1 aromatic rings. The number of aromatic nitrogens is 1. The highest BCUT2D eigenvalue weighted by Gasteiger charge is 2.13. The molecule has 0 amide bonds. The number of likely N-dealkylation sites (N-methyl/N-ethyl adjacent to an activating group) is 1. The smallest absolute Gasteiger partial charge is 0.191 e. The van der Waals surface area contributed by atoms with Gasteiger partial charge < -0.3 is 15.2 Å². The number of hydrogen-bond donors (Lipinski definition) is 2. The molecule has 6 nitrogen and oxygen atoms in total. The number of guanidine groups is 1. The average Bonchev–Trinajstić information content (AvgIpc) is 3.06. The number of halogens is 1. The van der Waals surface area contributed by atoms with Gasteiger partial charge in [0.25, 0.3) is 0 Å². The summed E-state index contributed by atoms with van der Waals surface area (Å²) in [6, 6.07) is 2.60. The lowest BCUT2D eigenvalue weighted by atomic mass is 9.99. The van der Waals surface area contributed by atoms with Crippen LogP contribution >= 0.6 is 24.0 Å². The fourth-order valence-electron chi connectivity index (χ4n) is 2.90. The van der Waals surface area contributed by atoms with Crippen LogP contribution < -0.4 is 10.6 Å². The highest BCUT2D eigenvalue weighted by molar-refractivity contribution is 14.0. The summed E-state index contributed by atoms with van der Waals surface area (Å²) >= 11 is 0. The van der Waals surface area contributed by atoms with Gasteiger partial charge in [-0.05, 0) is 40.2 Å². The van der Waals surface area contributed by atoms with Gasteiger partial charge in [0.1, 0.15) is 6.54 Å². The number of hydrogen-bond acceptors (Lipinski definition) is 4. The maximum atomic E-state index is 5.45. The number of rotatable bonds is 11. The Kier molecular flexibility index (Phi) is 13.8. The van der Waals surface area contributed by atoms with Gasteiger partial charge in [0.2, 0.25) is 0 Å². The largest absolute Gasteiger partial charge is 0.359 e. The van der Waals surface area contributed by atoms with Crippen molar-refractivity contribution in [2.45, 2.75) is 72.9 Å². The minimum absolute atomic E-state index is 0. The van der Waals surface area contributed by atoms with E-state index in [0.29, 0.717) is 18.5 Å². The molecular formula is C19H38IN5O. The van der Waals surface area contributed by atoms with Gasteiger partial charge in [-0.3, -0.25) is 4.90 Å². The molecule has 0 aliphatic heterocycles. The lowest BCUT2D eigenvalue weighted by molar-refractivity contribution is 0.237. The van der Waals surface area contributed by atoms with Gasteiger partial charge in [0.05, 0.1) is 5.69 Å². The third kappa shape index (κ3) is 8.70. The summed E-state index contributed by atoms with van der Waals surface area (Å²) in [4.78, 5) is 7.04. The minimum atomic E-state index is 0. The molecule has 0 fully saturated rings. The second kappa shape index (κ2) is 14.3. The molecule has 0 bridgehead atoms. The normalized spacial score (nSPS) is 12.0. The Bertz CT molecular complexity index is 500. The monoisotopic (exact) mass is 479 g/mol. The zero-order valence-electron chi connectivity index (χ0n) is 17.3. The zero-order chi connectivity index (χ0) is 18.7. The third-order valence-electron chi connectivity index (χ3n) is 4.55. The van der Waals surface area contributed by atoms with E-state index in [4.69, 9.17) is 4.52 Å². The van der Waals surface area contributed by atoms with Crippen LogP contribution in [0.1, 0.15) is 71.8 Å². The van der Waals surface area contributed by atoms with E-state index in [9.17, 15) is 0 Å². The van der Waals surface area contributed by atoms with Crippen LogP contribution in [0, 0.1) is 0 Å². The molecule has 0 unspecified atom stereocenters. The SMILES string of the molecule is CCNC(=NCc1cc(C(CC)CC)no1)NCCN(CC)C(C)C.I. The van der Waals surface area contributed by atoms with E-state index >= 15 is 0 Å². The molecule has 0 aromatic carbocycles. The van der Waals surface area contributed by atoms with Crippen molar-refractivity contribution in [3.63, 3.8) is 0 Å². The molecule has 1 aromatic heterocycles. The summed E-state index contributed by atoms with van der Waals surface area (Å²) < 4.78 is 5.45. The molecule has 1 heterocycles. The van der Waals surface area contributed by atoms with Crippen LogP contribution in [0.4, 0.5) is 0 Å². The van der Waals surface area contributed by atoms with Crippen molar-refractivity contribution in [1.82, 2.24) is 20.7 Å². The molecular weight excluding hydrogens is 441 g/mol. The van der Waals surface area contributed by atoms with E-state index in [0.717, 1.165) is 56.4 Å². The van der Waals surface area contributed by atoms with E-state index in [1.54, 1.807) is 0 Å². The first kappa shape index (κ1) is 25.2. The maximum absolute atomic E-state index is 5.45. The minimum Gasteiger partial charge on any atom is -0.359 e. The third-order valence-corrected chi connectivity index (χ3v) is 4.55. The predicted octanol–water partition coefficient (Wildman–Crippen LogP) is 3.98. The van der Waals surface area contributed by atoms with Gasteiger partial charge in [-0.15, -0.1) is 24.0 Å². The first-order valence-corrected chi connectivity index (χ1v) is 9.77. The van der Waals surface area contributed by atoms with Crippen molar-refractivity contribution in [3.05, 3.63) is 17.5 Å². The molecule has 0 saturated heterocycles. The first-order chi connectivity index (χ1) is 12.0. The van der Waals surface area contributed by atoms with Crippen LogP contribution in [0.5, 0.6) is 0 Å². The summed E-state index contributed by atoms with van der Waals surface area (Å²) in [5.74, 6) is 2.11. The van der Waals surface area contributed by atoms with Crippen LogP contribution in [0.2, 0.25) is 0 Å². The Hall–Kier alpha value is -0.830. The van der Waals surface area contributed by atoms with Gasteiger partial charge in [0.15, 0.2) is 11.7 Å². The van der Waals surface area contributed by atoms with Gasteiger partial charge in [-0.2, -0.15) is 0 Å². The van der Waals surface area contributed by atoms with Crippen LogP contribution in [0.15, 0.2) is 15.6 Å². The maximum Gasteiger partial charge on any atom is 0.191 e. The second-order valence-corrected chi connectivity index (χ2v) is 6.58. The molecule has 0 atom stereocenters. The summed E-state index contributed by atoms with van der Waals surface area (Å²) in [5, 5.41) is 10.9. The molecule has 7 heteroatoms. The Morgan fingerprint density at radius 2 is 1.88 bits per heavy atom. The zero-order valence-corrected chi connectivity index (χ0v) is 19.7. The van der Waals surface area contributed by atoms with E-state index < -0.39 is 0 Å². The molecule has 0 saturated carbocycles. The fourth-order valence-corrected chi connectivity index (χ4v) is 2.90. The Balaban J connectivity index is 0.00000625. The molecule has 26 heavy (non-hydrogen) atoms. The van der Waals surface area contributed by atoms with Crippen molar-refractivity contribution in [2.24, 2.45) is 4.99 Å².